The molecule has 1 aromatic rings. The smallest absolute Gasteiger partial charge is 0.165 e. The molecule has 90 valence electrons. The van der Waals surface area contributed by atoms with Crippen molar-refractivity contribution in [3.05, 3.63) is 12.4 Å². The first-order chi connectivity index (χ1) is 7.66. The Labute approximate surface area is 99.3 Å². The second-order valence-corrected chi connectivity index (χ2v) is 7.11. The molecule has 1 saturated heterocycles. The minimum Gasteiger partial charge on any atom is -0.340 e. The van der Waals surface area contributed by atoms with Crippen LogP contribution in [0.25, 0.3) is 0 Å². The largest absolute Gasteiger partial charge is 0.340 e. The van der Waals surface area contributed by atoms with E-state index in [0.717, 1.165) is 23.9 Å². The molecular weight excluding hydrogens is 246 g/mol. The van der Waals surface area contributed by atoms with Gasteiger partial charge in [0.25, 0.3) is 0 Å². The SMILES string of the molecule is O=S1(=O)CCC(NCCSc2ncc[nH]2)C1. The van der Waals surface area contributed by atoms with E-state index < -0.39 is 9.84 Å². The maximum absolute atomic E-state index is 11.2. The molecule has 0 amide bonds. The molecule has 0 aliphatic carbocycles. The number of rotatable bonds is 5. The molecule has 16 heavy (non-hydrogen) atoms. The van der Waals surface area contributed by atoms with E-state index in [1.165, 1.54) is 0 Å². The Morgan fingerprint density at radius 3 is 3.12 bits per heavy atom. The molecule has 0 bridgehead atoms. The number of H-pyrrole nitrogens is 1. The van der Waals surface area contributed by atoms with E-state index in [4.69, 9.17) is 0 Å². The molecule has 0 aromatic carbocycles. The van der Waals surface area contributed by atoms with E-state index >= 15 is 0 Å². The molecule has 1 atom stereocenters. The molecule has 1 unspecified atom stereocenters. The number of aromatic amines is 1. The highest BCUT2D eigenvalue weighted by Gasteiger charge is 2.26. The minimum absolute atomic E-state index is 0.141. The van der Waals surface area contributed by atoms with E-state index in [2.05, 4.69) is 15.3 Å². The zero-order valence-corrected chi connectivity index (χ0v) is 10.5. The van der Waals surface area contributed by atoms with Crippen LogP contribution in [0.2, 0.25) is 0 Å². The van der Waals surface area contributed by atoms with Crippen molar-refractivity contribution in [3.63, 3.8) is 0 Å². The van der Waals surface area contributed by atoms with Crippen molar-refractivity contribution in [1.82, 2.24) is 15.3 Å². The van der Waals surface area contributed by atoms with Crippen LogP contribution in [0.4, 0.5) is 0 Å². The van der Waals surface area contributed by atoms with Gasteiger partial charge in [0, 0.05) is 30.7 Å². The topological polar surface area (TPSA) is 74.8 Å². The van der Waals surface area contributed by atoms with Gasteiger partial charge in [0.1, 0.15) is 0 Å². The standard InChI is InChI=1S/C9H15N3O2S2/c13-16(14)6-1-8(7-16)10-4-5-15-9-11-2-3-12-9/h2-3,8,10H,1,4-7H2,(H,11,12). The van der Waals surface area contributed by atoms with E-state index in [1.807, 2.05) is 0 Å². The van der Waals surface area contributed by atoms with Gasteiger partial charge < -0.3 is 10.3 Å². The van der Waals surface area contributed by atoms with Crippen molar-refractivity contribution >= 4 is 21.6 Å². The van der Waals surface area contributed by atoms with Gasteiger partial charge in [-0.2, -0.15) is 0 Å². The van der Waals surface area contributed by atoms with Gasteiger partial charge in [-0.15, -0.1) is 0 Å². The second-order valence-electron chi connectivity index (χ2n) is 3.80. The third-order valence-corrected chi connectivity index (χ3v) is 5.15. The van der Waals surface area contributed by atoms with Gasteiger partial charge in [-0.05, 0) is 6.42 Å². The normalized spacial score (nSPS) is 23.6. The summed E-state index contributed by atoms with van der Waals surface area (Å²) in [6.07, 6.45) is 4.26. The van der Waals surface area contributed by atoms with Crippen molar-refractivity contribution in [2.45, 2.75) is 17.6 Å². The predicted octanol–water partition coefficient (Wildman–Crippen LogP) is 0.278. The van der Waals surface area contributed by atoms with E-state index in [0.29, 0.717) is 11.5 Å². The zero-order valence-electron chi connectivity index (χ0n) is 8.85. The van der Waals surface area contributed by atoms with E-state index in [9.17, 15) is 8.42 Å². The summed E-state index contributed by atoms with van der Waals surface area (Å²) in [6.45, 7) is 0.811. The highest BCUT2D eigenvalue weighted by atomic mass is 32.2. The van der Waals surface area contributed by atoms with Crippen molar-refractivity contribution in [1.29, 1.82) is 0 Å². The summed E-state index contributed by atoms with van der Waals surface area (Å²) in [7, 11) is -2.76. The number of aromatic nitrogens is 2. The molecule has 0 radical (unpaired) electrons. The average molecular weight is 261 g/mol. The van der Waals surface area contributed by atoms with Crippen LogP contribution >= 0.6 is 11.8 Å². The summed E-state index contributed by atoms with van der Waals surface area (Å²) in [6, 6.07) is 0.141. The van der Waals surface area contributed by atoms with E-state index in [-0.39, 0.29) is 6.04 Å². The lowest BCUT2D eigenvalue weighted by molar-refractivity contribution is 0.574. The Hall–Kier alpha value is -0.530. The van der Waals surface area contributed by atoms with Crippen molar-refractivity contribution in [3.8, 4) is 0 Å². The third-order valence-electron chi connectivity index (χ3n) is 2.48. The van der Waals surface area contributed by atoms with Gasteiger partial charge in [0.05, 0.1) is 11.5 Å². The molecule has 2 N–H and O–H groups in total. The summed E-state index contributed by atoms with van der Waals surface area (Å²) < 4.78 is 22.4. The number of thioether (sulfide) groups is 1. The molecule has 2 heterocycles. The lowest BCUT2D eigenvalue weighted by Gasteiger charge is -2.09. The zero-order chi connectivity index (χ0) is 11.4. The van der Waals surface area contributed by atoms with Crippen LogP contribution in [-0.2, 0) is 9.84 Å². The second kappa shape index (κ2) is 5.20. The molecular formula is C9H15N3O2S2. The Kier molecular flexibility index (Phi) is 3.88. The Bertz CT molecular complexity index is 416. The fraction of sp³-hybridized carbons (Fsp3) is 0.667. The predicted molar refractivity (Wildman–Crippen MR) is 64.4 cm³/mol. The molecule has 0 spiro atoms. The fourth-order valence-electron chi connectivity index (χ4n) is 1.70. The number of nitrogens with one attached hydrogen (secondary N) is 2. The maximum Gasteiger partial charge on any atom is 0.165 e. The van der Waals surface area contributed by atoms with Crippen molar-refractivity contribution < 1.29 is 8.42 Å². The first-order valence-corrected chi connectivity index (χ1v) is 8.02. The van der Waals surface area contributed by atoms with Crippen molar-refractivity contribution in [2.75, 3.05) is 23.8 Å². The molecule has 1 aliphatic heterocycles. The van der Waals surface area contributed by atoms with Crippen LogP contribution in [0.5, 0.6) is 0 Å². The number of hydrogen-bond donors (Lipinski definition) is 2. The molecule has 2 rings (SSSR count). The molecule has 1 aromatic heterocycles. The van der Waals surface area contributed by atoms with Crippen LogP contribution in [0.1, 0.15) is 6.42 Å². The summed E-state index contributed by atoms with van der Waals surface area (Å²) >= 11 is 1.63. The van der Waals surface area contributed by atoms with Crippen LogP contribution in [0, 0.1) is 0 Å². The Balaban J connectivity index is 1.62. The number of hydrogen-bond acceptors (Lipinski definition) is 5. The van der Waals surface area contributed by atoms with E-state index in [1.54, 1.807) is 24.2 Å². The third kappa shape index (κ3) is 3.50. The summed E-state index contributed by atoms with van der Waals surface area (Å²) in [5.41, 5.74) is 0. The van der Waals surface area contributed by atoms with Gasteiger partial charge in [0.15, 0.2) is 15.0 Å². The van der Waals surface area contributed by atoms with Gasteiger partial charge in [-0.3, -0.25) is 0 Å². The molecule has 7 heteroatoms. The Morgan fingerprint density at radius 1 is 1.62 bits per heavy atom. The highest BCUT2D eigenvalue weighted by molar-refractivity contribution is 7.99. The van der Waals surface area contributed by atoms with Crippen LogP contribution in [-0.4, -0.2) is 48.2 Å². The van der Waals surface area contributed by atoms with Gasteiger partial charge in [0.2, 0.25) is 0 Å². The molecule has 1 fully saturated rings. The summed E-state index contributed by atoms with van der Waals surface area (Å²) in [5, 5.41) is 4.16. The number of nitrogens with zero attached hydrogens (tertiary/aromatic N) is 1. The molecule has 0 saturated carbocycles. The molecule has 1 aliphatic rings. The number of sulfone groups is 1. The van der Waals surface area contributed by atoms with Gasteiger partial charge in [-0.25, -0.2) is 13.4 Å². The first kappa shape index (κ1) is 11.9. The van der Waals surface area contributed by atoms with Crippen molar-refractivity contribution in [2.24, 2.45) is 0 Å². The highest BCUT2D eigenvalue weighted by Crippen LogP contribution is 2.13. The van der Waals surface area contributed by atoms with Crippen LogP contribution in [0.15, 0.2) is 17.6 Å². The Morgan fingerprint density at radius 2 is 2.50 bits per heavy atom. The summed E-state index contributed by atoms with van der Waals surface area (Å²) in [5.74, 6) is 1.51. The summed E-state index contributed by atoms with van der Waals surface area (Å²) in [4.78, 5) is 7.10. The minimum atomic E-state index is -2.76. The van der Waals surface area contributed by atoms with Gasteiger partial charge >= 0.3 is 0 Å². The average Bonchev–Trinajstić information content (AvgIpc) is 2.82. The maximum atomic E-state index is 11.2. The lowest BCUT2D eigenvalue weighted by Crippen LogP contribution is -2.31. The first-order valence-electron chi connectivity index (χ1n) is 5.22. The quantitative estimate of drug-likeness (QED) is 0.588. The fourth-order valence-corrected chi connectivity index (χ4v) is 4.10. The lowest BCUT2D eigenvalue weighted by atomic mass is 10.3. The van der Waals surface area contributed by atoms with Gasteiger partial charge in [-0.1, -0.05) is 11.8 Å². The molecule has 5 nitrogen and oxygen atoms in total. The number of imidazole rings is 1. The van der Waals surface area contributed by atoms with Crippen LogP contribution < -0.4 is 5.32 Å². The van der Waals surface area contributed by atoms with Crippen LogP contribution in [0.3, 0.4) is 0 Å². The monoisotopic (exact) mass is 261 g/mol.